The van der Waals surface area contributed by atoms with Crippen molar-refractivity contribution in [1.82, 2.24) is 10.2 Å². The Morgan fingerprint density at radius 1 is 1.29 bits per heavy atom. The Bertz CT molecular complexity index is 575. The molecule has 1 saturated carbocycles. The van der Waals surface area contributed by atoms with Gasteiger partial charge in [0.1, 0.15) is 6.61 Å². The largest absolute Gasteiger partial charge is 0.423 e. The van der Waals surface area contributed by atoms with E-state index in [1.165, 1.54) is 19.2 Å². The number of nitrogens with zero attached hydrogens (tertiary/aromatic N) is 2. The average molecular weight is 287 g/mol. The number of benzene rings is 1. The topological polar surface area (TPSA) is 77.2 Å². The van der Waals surface area contributed by atoms with Gasteiger partial charge in [-0.25, -0.2) is 0 Å². The molecule has 0 radical (unpaired) electrons. The second-order valence-electron chi connectivity index (χ2n) is 5.09. The molecule has 1 aliphatic carbocycles. The number of nitrogens with one attached hydrogen (secondary N) is 1. The predicted octanol–water partition coefficient (Wildman–Crippen LogP) is 2.63. The van der Waals surface area contributed by atoms with Gasteiger partial charge in [0, 0.05) is 11.3 Å². The minimum absolute atomic E-state index is 0.107. The smallest absolute Gasteiger partial charge is 0.250 e. The van der Waals surface area contributed by atoms with Gasteiger partial charge in [-0.05, 0) is 37.1 Å². The van der Waals surface area contributed by atoms with E-state index < -0.39 is 0 Å². The molecule has 0 unspecified atom stereocenters. The summed E-state index contributed by atoms with van der Waals surface area (Å²) in [6.07, 6.45) is 6.05. The van der Waals surface area contributed by atoms with Crippen molar-refractivity contribution >= 4 is 11.6 Å². The van der Waals surface area contributed by atoms with Crippen LogP contribution >= 0.6 is 0 Å². The van der Waals surface area contributed by atoms with E-state index >= 15 is 0 Å². The van der Waals surface area contributed by atoms with E-state index in [1.54, 1.807) is 12.1 Å². The van der Waals surface area contributed by atoms with Gasteiger partial charge in [-0.3, -0.25) is 4.79 Å². The Morgan fingerprint density at radius 2 is 2.05 bits per heavy atom. The Balaban J connectivity index is 1.51. The maximum atomic E-state index is 11.8. The third-order valence-electron chi connectivity index (χ3n) is 3.53. The summed E-state index contributed by atoms with van der Waals surface area (Å²) in [5.41, 5.74) is 1.53. The predicted molar refractivity (Wildman–Crippen MR) is 76.6 cm³/mol. The molecule has 1 aromatic carbocycles. The van der Waals surface area contributed by atoms with Crippen molar-refractivity contribution in [3.05, 3.63) is 30.7 Å². The quantitative estimate of drug-likeness (QED) is 0.914. The molecule has 0 aliphatic heterocycles. The van der Waals surface area contributed by atoms with Crippen LogP contribution in [0.15, 0.2) is 35.1 Å². The molecule has 1 aliphatic rings. The lowest BCUT2D eigenvalue weighted by Gasteiger charge is -2.11. The van der Waals surface area contributed by atoms with Crippen LogP contribution in [0.3, 0.4) is 0 Å². The minimum atomic E-state index is -0.132. The highest BCUT2D eigenvalue weighted by atomic mass is 16.5. The summed E-state index contributed by atoms with van der Waals surface area (Å²) >= 11 is 0. The summed E-state index contributed by atoms with van der Waals surface area (Å²) < 4.78 is 10.7. The molecule has 21 heavy (non-hydrogen) atoms. The van der Waals surface area contributed by atoms with Crippen LogP contribution in [0, 0.1) is 0 Å². The first-order valence-electron chi connectivity index (χ1n) is 7.09. The van der Waals surface area contributed by atoms with Gasteiger partial charge >= 0.3 is 0 Å². The van der Waals surface area contributed by atoms with Gasteiger partial charge < -0.3 is 14.5 Å². The van der Waals surface area contributed by atoms with Gasteiger partial charge in [0.15, 0.2) is 0 Å². The standard InChI is InChI=1S/C15H17N3O3/c19-14(9-20-13-3-1-2-4-13)17-12-7-5-11(6-8-12)15-18-16-10-21-15/h5-8,10,13H,1-4,9H2,(H,17,19). The number of hydrogen-bond donors (Lipinski definition) is 1. The molecule has 1 aromatic heterocycles. The number of carbonyl (C=O) groups is 1. The van der Waals surface area contributed by atoms with Gasteiger partial charge in [-0.2, -0.15) is 0 Å². The fourth-order valence-electron chi connectivity index (χ4n) is 2.44. The van der Waals surface area contributed by atoms with Gasteiger partial charge in [0.2, 0.25) is 18.2 Å². The Kier molecular flexibility index (Phi) is 4.25. The average Bonchev–Trinajstić information content (AvgIpc) is 3.19. The highest BCUT2D eigenvalue weighted by molar-refractivity contribution is 5.91. The second kappa shape index (κ2) is 6.49. The molecule has 1 N–H and O–H groups in total. The first-order valence-corrected chi connectivity index (χ1v) is 7.09. The Hall–Kier alpha value is -2.21. The number of rotatable bonds is 5. The maximum absolute atomic E-state index is 11.8. The van der Waals surface area contributed by atoms with E-state index in [2.05, 4.69) is 15.5 Å². The number of hydrogen-bond acceptors (Lipinski definition) is 5. The molecular weight excluding hydrogens is 270 g/mol. The summed E-state index contributed by atoms with van der Waals surface area (Å²) in [7, 11) is 0. The van der Waals surface area contributed by atoms with Crippen molar-refractivity contribution in [2.45, 2.75) is 31.8 Å². The Labute approximate surface area is 122 Å². The highest BCUT2D eigenvalue weighted by Crippen LogP contribution is 2.21. The lowest BCUT2D eigenvalue weighted by atomic mass is 10.2. The molecular formula is C15H17N3O3. The fourth-order valence-corrected chi connectivity index (χ4v) is 2.44. The Morgan fingerprint density at radius 3 is 2.71 bits per heavy atom. The molecule has 6 nitrogen and oxygen atoms in total. The van der Waals surface area contributed by atoms with Crippen LogP contribution in [-0.4, -0.2) is 28.8 Å². The second-order valence-corrected chi connectivity index (χ2v) is 5.09. The number of ether oxygens (including phenoxy) is 1. The molecule has 6 heteroatoms. The van der Waals surface area contributed by atoms with Crippen LogP contribution in [0.5, 0.6) is 0 Å². The molecule has 1 heterocycles. The van der Waals surface area contributed by atoms with Gasteiger partial charge in [-0.15, -0.1) is 10.2 Å². The summed E-state index contributed by atoms with van der Waals surface area (Å²) in [5, 5.41) is 10.3. The van der Waals surface area contributed by atoms with E-state index in [9.17, 15) is 4.79 Å². The van der Waals surface area contributed by atoms with Gasteiger partial charge in [0.05, 0.1) is 6.10 Å². The van der Waals surface area contributed by atoms with Crippen molar-refractivity contribution < 1.29 is 13.9 Å². The van der Waals surface area contributed by atoms with E-state index in [-0.39, 0.29) is 18.6 Å². The molecule has 110 valence electrons. The van der Waals surface area contributed by atoms with Crippen molar-refractivity contribution in [2.75, 3.05) is 11.9 Å². The molecule has 0 bridgehead atoms. The van der Waals surface area contributed by atoms with Crippen LogP contribution < -0.4 is 5.32 Å². The van der Waals surface area contributed by atoms with Crippen LogP contribution in [0.2, 0.25) is 0 Å². The van der Waals surface area contributed by atoms with Gasteiger partial charge in [0.25, 0.3) is 0 Å². The molecule has 2 aromatic rings. The zero-order valence-electron chi connectivity index (χ0n) is 11.6. The van der Waals surface area contributed by atoms with Crippen LogP contribution in [0.25, 0.3) is 11.5 Å². The van der Waals surface area contributed by atoms with Crippen LogP contribution in [-0.2, 0) is 9.53 Å². The first kappa shape index (κ1) is 13.8. The van der Waals surface area contributed by atoms with E-state index in [4.69, 9.17) is 9.15 Å². The maximum Gasteiger partial charge on any atom is 0.250 e. The third-order valence-corrected chi connectivity index (χ3v) is 3.53. The number of amides is 1. The molecule has 1 amide bonds. The van der Waals surface area contributed by atoms with Crippen LogP contribution in [0.4, 0.5) is 5.69 Å². The van der Waals surface area contributed by atoms with E-state index in [0.717, 1.165) is 24.1 Å². The molecule has 0 spiro atoms. The SMILES string of the molecule is O=C(COC1CCCC1)Nc1ccc(-c2nnco2)cc1. The van der Waals surface area contributed by atoms with E-state index in [1.807, 2.05) is 12.1 Å². The summed E-state index contributed by atoms with van der Waals surface area (Å²) in [6.45, 7) is 0.107. The zero-order chi connectivity index (χ0) is 14.5. The molecule has 0 atom stereocenters. The fraction of sp³-hybridized carbons (Fsp3) is 0.400. The third kappa shape index (κ3) is 3.66. The number of carbonyl (C=O) groups excluding carboxylic acids is 1. The summed E-state index contributed by atoms with van der Waals surface area (Å²) in [5.74, 6) is 0.324. The normalized spacial score (nSPS) is 15.2. The lowest BCUT2D eigenvalue weighted by molar-refractivity contribution is -0.122. The molecule has 0 saturated heterocycles. The van der Waals surface area contributed by atoms with E-state index in [0.29, 0.717) is 5.89 Å². The zero-order valence-corrected chi connectivity index (χ0v) is 11.6. The minimum Gasteiger partial charge on any atom is -0.423 e. The molecule has 3 rings (SSSR count). The van der Waals surface area contributed by atoms with Gasteiger partial charge in [-0.1, -0.05) is 12.8 Å². The monoisotopic (exact) mass is 287 g/mol. The first-order chi connectivity index (χ1) is 10.3. The van der Waals surface area contributed by atoms with Crippen molar-refractivity contribution in [3.8, 4) is 11.5 Å². The van der Waals surface area contributed by atoms with Crippen LogP contribution in [0.1, 0.15) is 25.7 Å². The van der Waals surface area contributed by atoms with Crippen molar-refractivity contribution in [3.63, 3.8) is 0 Å². The van der Waals surface area contributed by atoms with Crippen molar-refractivity contribution in [2.24, 2.45) is 0 Å². The highest BCUT2D eigenvalue weighted by Gasteiger charge is 2.16. The molecule has 1 fully saturated rings. The number of aromatic nitrogens is 2. The van der Waals surface area contributed by atoms with Crippen molar-refractivity contribution in [1.29, 1.82) is 0 Å². The summed E-state index contributed by atoms with van der Waals surface area (Å²) in [6, 6.07) is 7.24. The summed E-state index contributed by atoms with van der Waals surface area (Å²) in [4.78, 5) is 11.8. The lowest BCUT2D eigenvalue weighted by Crippen LogP contribution is -2.21. The number of anilines is 1.